The van der Waals surface area contributed by atoms with Crippen molar-refractivity contribution >= 4 is 5.91 Å². The highest BCUT2D eigenvalue weighted by molar-refractivity contribution is 5.76. The normalized spacial score (nSPS) is 25.4. The first-order valence-corrected chi connectivity index (χ1v) is 4.10. The molecule has 0 bridgehead atoms. The van der Waals surface area contributed by atoms with E-state index in [4.69, 9.17) is 4.74 Å². The van der Waals surface area contributed by atoms with Crippen LogP contribution in [0.25, 0.3) is 0 Å². The lowest BCUT2D eigenvalue weighted by molar-refractivity contribution is -0.125. The van der Waals surface area contributed by atoms with Gasteiger partial charge in [0, 0.05) is 13.0 Å². The van der Waals surface area contributed by atoms with Gasteiger partial charge in [-0.3, -0.25) is 4.79 Å². The first-order chi connectivity index (χ1) is 5.18. The van der Waals surface area contributed by atoms with Crippen molar-refractivity contribution in [2.75, 3.05) is 6.54 Å². The number of ether oxygens (including phenoxy) is 1. The van der Waals surface area contributed by atoms with Gasteiger partial charge in [0.1, 0.15) is 0 Å². The van der Waals surface area contributed by atoms with Crippen molar-refractivity contribution in [1.82, 2.24) is 5.32 Å². The number of carbonyl (C=O) groups excluding carboxylic acids is 1. The standard InChI is InChI=1S/C8H15NO2/c1-6(2)11-7-3-4-8(10)9-5-7/h6-7H,3-5H2,1-2H3,(H,9,10)/t7-/m1/s1. The minimum Gasteiger partial charge on any atom is -0.374 e. The lowest BCUT2D eigenvalue weighted by atomic mass is 10.1. The largest absolute Gasteiger partial charge is 0.374 e. The van der Waals surface area contributed by atoms with E-state index in [1.54, 1.807) is 0 Å². The Bertz CT molecular complexity index is 135. The molecule has 1 saturated heterocycles. The summed E-state index contributed by atoms with van der Waals surface area (Å²) >= 11 is 0. The highest BCUT2D eigenvalue weighted by atomic mass is 16.5. The third-order valence-electron chi connectivity index (χ3n) is 1.68. The van der Waals surface area contributed by atoms with Gasteiger partial charge in [-0.25, -0.2) is 0 Å². The molecule has 11 heavy (non-hydrogen) atoms. The third-order valence-corrected chi connectivity index (χ3v) is 1.68. The minimum atomic E-state index is 0.147. The molecule has 1 fully saturated rings. The Hall–Kier alpha value is -0.570. The Balaban J connectivity index is 2.22. The molecule has 1 aliphatic heterocycles. The lowest BCUT2D eigenvalue weighted by Gasteiger charge is -2.24. The van der Waals surface area contributed by atoms with E-state index >= 15 is 0 Å². The first-order valence-electron chi connectivity index (χ1n) is 4.10. The Labute approximate surface area is 67.1 Å². The molecule has 1 atom stereocenters. The molecule has 64 valence electrons. The SMILES string of the molecule is CC(C)O[C@@H]1CCC(=O)NC1. The van der Waals surface area contributed by atoms with Crippen LogP contribution >= 0.6 is 0 Å². The molecule has 0 radical (unpaired) electrons. The molecule has 1 amide bonds. The Morgan fingerprint density at radius 2 is 2.36 bits per heavy atom. The smallest absolute Gasteiger partial charge is 0.220 e. The summed E-state index contributed by atoms with van der Waals surface area (Å²) < 4.78 is 5.52. The summed E-state index contributed by atoms with van der Waals surface area (Å²) in [5.41, 5.74) is 0. The van der Waals surface area contributed by atoms with Gasteiger partial charge in [0.15, 0.2) is 0 Å². The summed E-state index contributed by atoms with van der Waals surface area (Å²) in [7, 11) is 0. The van der Waals surface area contributed by atoms with E-state index in [2.05, 4.69) is 5.32 Å². The van der Waals surface area contributed by atoms with E-state index in [-0.39, 0.29) is 18.1 Å². The predicted octanol–water partition coefficient (Wildman–Crippen LogP) is 0.690. The molecule has 1 rings (SSSR count). The zero-order valence-electron chi connectivity index (χ0n) is 7.09. The topological polar surface area (TPSA) is 38.3 Å². The highest BCUT2D eigenvalue weighted by Crippen LogP contribution is 2.08. The number of nitrogens with one attached hydrogen (secondary N) is 1. The zero-order valence-corrected chi connectivity index (χ0v) is 7.09. The van der Waals surface area contributed by atoms with Crippen molar-refractivity contribution in [1.29, 1.82) is 0 Å². The maximum atomic E-state index is 10.7. The Morgan fingerprint density at radius 3 is 2.82 bits per heavy atom. The van der Waals surface area contributed by atoms with Crippen molar-refractivity contribution < 1.29 is 9.53 Å². The number of piperidine rings is 1. The predicted molar refractivity (Wildman–Crippen MR) is 42.3 cm³/mol. The van der Waals surface area contributed by atoms with Crippen LogP contribution < -0.4 is 5.32 Å². The van der Waals surface area contributed by atoms with Gasteiger partial charge in [-0.2, -0.15) is 0 Å². The van der Waals surface area contributed by atoms with E-state index < -0.39 is 0 Å². The molecule has 0 aromatic rings. The maximum absolute atomic E-state index is 10.7. The summed E-state index contributed by atoms with van der Waals surface area (Å²) in [6.45, 7) is 4.70. The van der Waals surface area contributed by atoms with Gasteiger partial charge in [-0.05, 0) is 20.3 Å². The molecule has 0 aromatic carbocycles. The fourth-order valence-corrected chi connectivity index (χ4v) is 1.21. The summed E-state index contributed by atoms with van der Waals surface area (Å²) in [6.07, 6.45) is 1.96. The maximum Gasteiger partial charge on any atom is 0.220 e. The number of hydrogen-bond donors (Lipinski definition) is 1. The van der Waals surface area contributed by atoms with Crippen molar-refractivity contribution in [2.45, 2.75) is 38.9 Å². The molecule has 1 heterocycles. The summed E-state index contributed by atoms with van der Waals surface area (Å²) in [5.74, 6) is 0.147. The highest BCUT2D eigenvalue weighted by Gasteiger charge is 2.18. The molecule has 1 aliphatic rings. The van der Waals surface area contributed by atoms with Gasteiger partial charge in [0.25, 0.3) is 0 Å². The number of hydrogen-bond acceptors (Lipinski definition) is 2. The minimum absolute atomic E-state index is 0.147. The van der Waals surface area contributed by atoms with Gasteiger partial charge in [-0.15, -0.1) is 0 Å². The van der Waals surface area contributed by atoms with E-state index in [1.165, 1.54) is 0 Å². The van der Waals surface area contributed by atoms with Crippen molar-refractivity contribution in [2.24, 2.45) is 0 Å². The average Bonchev–Trinajstić information content (AvgIpc) is 1.93. The lowest BCUT2D eigenvalue weighted by Crippen LogP contribution is -2.40. The van der Waals surface area contributed by atoms with E-state index in [0.717, 1.165) is 6.42 Å². The van der Waals surface area contributed by atoms with Crippen LogP contribution in [0.4, 0.5) is 0 Å². The van der Waals surface area contributed by atoms with E-state index in [0.29, 0.717) is 13.0 Å². The van der Waals surface area contributed by atoms with Crippen molar-refractivity contribution in [3.63, 3.8) is 0 Å². The van der Waals surface area contributed by atoms with Crippen LogP contribution in [0, 0.1) is 0 Å². The second-order valence-corrected chi connectivity index (χ2v) is 3.15. The van der Waals surface area contributed by atoms with Crippen molar-refractivity contribution in [3.8, 4) is 0 Å². The molecule has 3 nitrogen and oxygen atoms in total. The molecule has 3 heteroatoms. The van der Waals surface area contributed by atoms with Gasteiger partial charge in [0.05, 0.1) is 12.2 Å². The molecule has 0 saturated carbocycles. The number of rotatable bonds is 2. The fourth-order valence-electron chi connectivity index (χ4n) is 1.21. The van der Waals surface area contributed by atoms with Crippen molar-refractivity contribution in [3.05, 3.63) is 0 Å². The van der Waals surface area contributed by atoms with Gasteiger partial charge < -0.3 is 10.1 Å². The van der Waals surface area contributed by atoms with E-state index in [1.807, 2.05) is 13.8 Å². The van der Waals surface area contributed by atoms with Crippen LogP contribution in [0.5, 0.6) is 0 Å². The molecule has 1 N–H and O–H groups in total. The van der Waals surface area contributed by atoms with Crippen LogP contribution in [0.1, 0.15) is 26.7 Å². The quantitative estimate of drug-likeness (QED) is 0.640. The zero-order chi connectivity index (χ0) is 8.27. The van der Waals surface area contributed by atoms with E-state index in [9.17, 15) is 4.79 Å². The second-order valence-electron chi connectivity index (χ2n) is 3.15. The molecular weight excluding hydrogens is 142 g/mol. The molecule has 0 spiro atoms. The van der Waals surface area contributed by atoms with Crippen LogP contribution in [0.15, 0.2) is 0 Å². The Kier molecular flexibility index (Phi) is 2.88. The van der Waals surface area contributed by atoms with Crippen LogP contribution in [-0.4, -0.2) is 24.7 Å². The number of amides is 1. The number of carbonyl (C=O) groups is 1. The summed E-state index contributed by atoms with van der Waals surface area (Å²) in [4.78, 5) is 10.7. The summed E-state index contributed by atoms with van der Waals surface area (Å²) in [5, 5.41) is 2.77. The van der Waals surface area contributed by atoms with Gasteiger partial charge in [-0.1, -0.05) is 0 Å². The van der Waals surface area contributed by atoms with Crippen LogP contribution in [-0.2, 0) is 9.53 Å². The monoisotopic (exact) mass is 157 g/mol. The third kappa shape index (κ3) is 2.89. The molecular formula is C8H15NO2. The van der Waals surface area contributed by atoms with Gasteiger partial charge >= 0.3 is 0 Å². The van der Waals surface area contributed by atoms with Crippen LogP contribution in [0.2, 0.25) is 0 Å². The van der Waals surface area contributed by atoms with Gasteiger partial charge in [0.2, 0.25) is 5.91 Å². The average molecular weight is 157 g/mol. The molecule has 0 unspecified atom stereocenters. The molecule has 0 aromatic heterocycles. The second kappa shape index (κ2) is 3.72. The summed E-state index contributed by atoms with van der Waals surface area (Å²) in [6, 6.07) is 0. The first kappa shape index (κ1) is 8.53. The molecule has 0 aliphatic carbocycles. The Morgan fingerprint density at radius 1 is 1.64 bits per heavy atom. The fraction of sp³-hybridized carbons (Fsp3) is 0.875. The van der Waals surface area contributed by atoms with Crippen LogP contribution in [0.3, 0.4) is 0 Å².